The Morgan fingerprint density at radius 1 is 0.857 bits per heavy atom. The zero-order chi connectivity index (χ0) is 29.0. The van der Waals surface area contributed by atoms with Crippen molar-refractivity contribution in [2.75, 3.05) is 12.3 Å². The van der Waals surface area contributed by atoms with E-state index >= 15 is 0 Å². The molecule has 1 aliphatic heterocycles. The number of ether oxygens (including phenoxy) is 4. The molecule has 10 nitrogen and oxygen atoms in total. The van der Waals surface area contributed by atoms with Gasteiger partial charge in [-0.15, -0.1) is 0 Å². The number of fused-ring (bicyclic) bond motifs is 1. The van der Waals surface area contributed by atoms with Crippen LogP contribution in [0.4, 0.5) is 5.82 Å². The van der Waals surface area contributed by atoms with E-state index in [1.807, 2.05) is 91.0 Å². The molecule has 4 atom stereocenters. The van der Waals surface area contributed by atoms with E-state index in [1.54, 1.807) is 6.92 Å². The highest BCUT2D eigenvalue weighted by molar-refractivity contribution is 5.59. The van der Waals surface area contributed by atoms with Crippen LogP contribution < -0.4 is 5.73 Å². The quantitative estimate of drug-likeness (QED) is 0.243. The standard InChI is InChI=1S/C32H33N5O5/c1-31(41-20-25-15-9-4-10-16-25)28(40-19-24-13-7-3-8-14-24)26(21-39-18-23-11-5-2-6-12-23)42-32(31,38)27-17-34-30-29(33)35-22-36-37(27)30/h2-17,22,26,28,38H,18-21H2,1H3,(H2,33,35,36)/t26-,28-,31-,32?/m1/s1. The van der Waals surface area contributed by atoms with Gasteiger partial charge in [-0.3, -0.25) is 0 Å². The number of hydrogen-bond acceptors (Lipinski definition) is 9. The summed E-state index contributed by atoms with van der Waals surface area (Å²) in [5.74, 6) is -1.88. The Kier molecular flexibility index (Phi) is 7.96. The average Bonchev–Trinajstić information content (AvgIpc) is 3.55. The predicted molar refractivity (Wildman–Crippen MR) is 155 cm³/mol. The van der Waals surface area contributed by atoms with Crippen LogP contribution in [-0.2, 0) is 44.6 Å². The molecule has 0 radical (unpaired) electrons. The van der Waals surface area contributed by atoms with E-state index in [0.29, 0.717) is 12.3 Å². The van der Waals surface area contributed by atoms with Gasteiger partial charge >= 0.3 is 0 Å². The van der Waals surface area contributed by atoms with E-state index in [9.17, 15) is 5.11 Å². The summed E-state index contributed by atoms with van der Waals surface area (Å²) in [5.41, 5.74) is 8.08. The fraction of sp³-hybridized carbons (Fsp3) is 0.281. The number of anilines is 1. The van der Waals surface area contributed by atoms with Crippen LogP contribution in [-0.4, -0.2) is 49.1 Å². The van der Waals surface area contributed by atoms with Crippen LogP contribution in [0.1, 0.15) is 29.3 Å². The smallest absolute Gasteiger partial charge is 0.244 e. The van der Waals surface area contributed by atoms with Crippen LogP contribution in [0.3, 0.4) is 0 Å². The fourth-order valence-electron chi connectivity index (χ4n) is 5.33. The molecule has 2 aromatic heterocycles. The van der Waals surface area contributed by atoms with E-state index in [-0.39, 0.29) is 31.3 Å². The topological polar surface area (TPSA) is 126 Å². The second kappa shape index (κ2) is 12.0. The number of aliphatic hydroxyl groups is 1. The maximum atomic E-state index is 12.5. The molecule has 5 aromatic rings. The third-order valence-electron chi connectivity index (χ3n) is 7.60. The molecule has 42 heavy (non-hydrogen) atoms. The number of benzene rings is 3. The Bertz CT molecular complexity index is 1600. The number of rotatable bonds is 11. The largest absolute Gasteiger partial charge is 0.381 e. The molecular formula is C32H33N5O5. The van der Waals surface area contributed by atoms with Crippen molar-refractivity contribution in [1.29, 1.82) is 0 Å². The summed E-state index contributed by atoms with van der Waals surface area (Å²) in [5, 5.41) is 16.9. The minimum absolute atomic E-state index is 0.134. The van der Waals surface area contributed by atoms with Gasteiger partial charge in [-0.1, -0.05) is 91.0 Å². The van der Waals surface area contributed by atoms with Crippen LogP contribution in [0.5, 0.6) is 0 Å². The monoisotopic (exact) mass is 567 g/mol. The van der Waals surface area contributed by atoms with E-state index in [4.69, 9.17) is 24.7 Å². The molecule has 6 rings (SSSR count). The summed E-state index contributed by atoms with van der Waals surface area (Å²) in [4.78, 5) is 8.41. The summed E-state index contributed by atoms with van der Waals surface area (Å²) < 4.78 is 27.2. The van der Waals surface area contributed by atoms with Gasteiger partial charge < -0.3 is 29.8 Å². The molecule has 0 bridgehead atoms. The number of imidazole rings is 1. The summed E-state index contributed by atoms with van der Waals surface area (Å²) in [6.45, 7) is 2.75. The number of nitrogens with zero attached hydrogens (tertiary/aromatic N) is 4. The van der Waals surface area contributed by atoms with Gasteiger partial charge in [-0.25, -0.2) is 14.5 Å². The summed E-state index contributed by atoms with van der Waals surface area (Å²) in [7, 11) is 0. The highest BCUT2D eigenvalue weighted by atomic mass is 16.7. The average molecular weight is 568 g/mol. The van der Waals surface area contributed by atoms with Gasteiger partial charge in [0.15, 0.2) is 17.1 Å². The number of aromatic nitrogens is 4. The van der Waals surface area contributed by atoms with Crippen molar-refractivity contribution in [1.82, 2.24) is 19.6 Å². The molecule has 0 spiro atoms. The van der Waals surface area contributed by atoms with Crippen molar-refractivity contribution in [3.8, 4) is 0 Å². The highest BCUT2D eigenvalue weighted by Crippen LogP contribution is 2.49. The van der Waals surface area contributed by atoms with Gasteiger partial charge in [0.2, 0.25) is 5.79 Å². The molecular weight excluding hydrogens is 534 g/mol. The lowest BCUT2D eigenvalue weighted by atomic mass is 9.87. The summed E-state index contributed by atoms with van der Waals surface area (Å²) in [6, 6.07) is 29.4. The normalized spacial score (nSPS) is 23.9. The van der Waals surface area contributed by atoms with Crippen molar-refractivity contribution in [3.05, 3.63) is 126 Å². The second-order valence-corrected chi connectivity index (χ2v) is 10.4. The van der Waals surface area contributed by atoms with Gasteiger partial charge in [0.25, 0.3) is 0 Å². The number of nitrogens with two attached hydrogens (primary N) is 1. The van der Waals surface area contributed by atoms with Gasteiger partial charge in [0.1, 0.15) is 24.2 Å². The lowest BCUT2D eigenvalue weighted by molar-refractivity contribution is -0.294. The molecule has 0 aliphatic carbocycles. The molecule has 1 aliphatic rings. The molecule has 216 valence electrons. The van der Waals surface area contributed by atoms with Crippen molar-refractivity contribution in [3.63, 3.8) is 0 Å². The SMILES string of the molecule is C[C@@]1(OCc2ccccc2)[C@H](OCc2ccccc2)[C@@H](COCc2ccccc2)OC1(O)c1cnc2c(N)ncnn12. The first-order chi connectivity index (χ1) is 20.5. The summed E-state index contributed by atoms with van der Waals surface area (Å²) >= 11 is 0. The zero-order valence-corrected chi connectivity index (χ0v) is 23.2. The maximum Gasteiger partial charge on any atom is 0.244 e. The van der Waals surface area contributed by atoms with Crippen molar-refractivity contribution in [2.45, 2.75) is 50.3 Å². The minimum Gasteiger partial charge on any atom is -0.381 e. The first-order valence-electron chi connectivity index (χ1n) is 13.8. The first-order valence-corrected chi connectivity index (χ1v) is 13.8. The van der Waals surface area contributed by atoms with Gasteiger partial charge in [0.05, 0.1) is 32.6 Å². The summed E-state index contributed by atoms with van der Waals surface area (Å²) in [6.07, 6.45) is 1.31. The predicted octanol–water partition coefficient (Wildman–Crippen LogP) is 4.03. The molecule has 1 fully saturated rings. The van der Waals surface area contributed by atoms with Gasteiger partial charge in [-0.2, -0.15) is 5.10 Å². The van der Waals surface area contributed by atoms with Crippen LogP contribution >= 0.6 is 0 Å². The van der Waals surface area contributed by atoms with Crippen molar-refractivity contribution < 1.29 is 24.1 Å². The van der Waals surface area contributed by atoms with Crippen LogP contribution in [0.25, 0.3) is 5.65 Å². The highest BCUT2D eigenvalue weighted by Gasteiger charge is 2.67. The Hall–Kier alpha value is -4.19. The van der Waals surface area contributed by atoms with Crippen LogP contribution in [0.2, 0.25) is 0 Å². The number of nitrogen functional groups attached to an aromatic ring is 1. The molecule has 0 saturated carbocycles. The van der Waals surface area contributed by atoms with E-state index in [2.05, 4.69) is 15.1 Å². The van der Waals surface area contributed by atoms with E-state index < -0.39 is 23.6 Å². The molecule has 3 aromatic carbocycles. The Labute approximate surface area is 243 Å². The van der Waals surface area contributed by atoms with E-state index in [1.165, 1.54) is 17.0 Å². The Morgan fingerprint density at radius 3 is 2.10 bits per heavy atom. The van der Waals surface area contributed by atoms with E-state index in [0.717, 1.165) is 16.7 Å². The maximum absolute atomic E-state index is 12.5. The van der Waals surface area contributed by atoms with Crippen LogP contribution in [0.15, 0.2) is 104 Å². The molecule has 0 amide bonds. The lowest BCUT2D eigenvalue weighted by Gasteiger charge is -2.39. The van der Waals surface area contributed by atoms with Gasteiger partial charge in [-0.05, 0) is 23.6 Å². The molecule has 1 unspecified atom stereocenters. The fourth-order valence-corrected chi connectivity index (χ4v) is 5.33. The Balaban J connectivity index is 1.38. The van der Waals surface area contributed by atoms with Crippen molar-refractivity contribution in [2.24, 2.45) is 0 Å². The lowest BCUT2D eigenvalue weighted by Crippen LogP contribution is -2.55. The molecule has 1 saturated heterocycles. The Morgan fingerprint density at radius 2 is 1.45 bits per heavy atom. The third kappa shape index (κ3) is 5.38. The minimum atomic E-state index is -2.05. The van der Waals surface area contributed by atoms with Crippen molar-refractivity contribution >= 4 is 11.5 Å². The first kappa shape index (κ1) is 28.0. The molecule has 3 N–H and O–H groups in total. The van der Waals surface area contributed by atoms with Crippen LogP contribution in [0, 0.1) is 0 Å². The third-order valence-corrected chi connectivity index (χ3v) is 7.60. The molecule has 10 heteroatoms. The zero-order valence-electron chi connectivity index (χ0n) is 23.2. The second-order valence-electron chi connectivity index (χ2n) is 10.4. The number of hydrogen-bond donors (Lipinski definition) is 2. The molecule has 3 heterocycles. The van der Waals surface area contributed by atoms with Gasteiger partial charge in [0, 0.05) is 0 Å².